The Kier molecular flexibility index (Phi) is 7.48. The van der Waals surface area contributed by atoms with Crippen LogP contribution in [0.15, 0.2) is 33.2 Å². The van der Waals surface area contributed by atoms with E-state index in [4.69, 9.17) is 0 Å². The maximum absolute atomic E-state index is 13.6. The fourth-order valence-electron chi connectivity index (χ4n) is 2.73. The van der Waals surface area contributed by atoms with Crippen LogP contribution in [0.1, 0.15) is 34.8 Å². The quantitative estimate of drug-likeness (QED) is 0.229. The summed E-state index contributed by atoms with van der Waals surface area (Å²) >= 11 is 6.44. The number of aryl methyl sites for hydroxylation is 1. The van der Waals surface area contributed by atoms with Gasteiger partial charge in [-0.2, -0.15) is 0 Å². The Morgan fingerprint density at radius 2 is 1.97 bits per heavy atom. The number of nitrogens with one attached hydrogen (secondary N) is 1. The molecule has 1 unspecified atom stereocenters. The number of rotatable bonds is 7. The number of carbonyl (C=O) groups excluding carboxylic acids is 2. The number of benzene rings is 2. The Bertz CT molecular complexity index is 997. The summed E-state index contributed by atoms with van der Waals surface area (Å²) in [5, 5.41) is 14.6. The molecule has 0 amide bonds. The molecule has 0 heterocycles. The molecule has 0 aliphatic carbocycles. The van der Waals surface area contributed by atoms with Gasteiger partial charge in [0.25, 0.3) is 0 Å². The summed E-state index contributed by atoms with van der Waals surface area (Å²) < 4.78 is 18.5. The van der Waals surface area contributed by atoms with Crippen LogP contribution in [-0.4, -0.2) is 29.8 Å². The van der Waals surface area contributed by atoms with E-state index in [0.29, 0.717) is 5.56 Å². The number of hydrogen-bond acceptors (Lipinski definition) is 6. The second-order valence-corrected chi connectivity index (χ2v) is 7.96. The second-order valence-electron chi connectivity index (χ2n) is 6.31. The highest BCUT2D eigenvalue weighted by molar-refractivity contribution is 9.11. The summed E-state index contributed by atoms with van der Waals surface area (Å²) in [5.74, 6) is -1.63. The van der Waals surface area contributed by atoms with Crippen molar-refractivity contribution in [1.82, 2.24) is 0 Å². The number of ketones is 1. The second kappa shape index (κ2) is 9.45. The van der Waals surface area contributed by atoms with E-state index in [9.17, 15) is 24.1 Å². The molecule has 0 aliphatic rings. The van der Waals surface area contributed by atoms with Gasteiger partial charge in [-0.15, -0.1) is 0 Å². The third-order valence-electron chi connectivity index (χ3n) is 4.15. The summed E-state index contributed by atoms with van der Waals surface area (Å²) in [6.07, 6.45) is -0.00788. The van der Waals surface area contributed by atoms with Crippen LogP contribution in [0, 0.1) is 22.9 Å². The highest BCUT2D eigenvalue weighted by atomic mass is 79.9. The van der Waals surface area contributed by atoms with Gasteiger partial charge in [-0.05, 0) is 69.5 Å². The van der Waals surface area contributed by atoms with Crippen LogP contribution in [0.5, 0.6) is 0 Å². The zero-order valence-corrected chi connectivity index (χ0v) is 18.9. The summed E-state index contributed by atoms with van der Waals surface area (Å²) in [6.45, 7) is 3.31. The van der Waals surface area contributed by atoms with Crippen molar-refractivity contribution >= 4 is 55.0 Å². The maximum atomic E-state index is 13.6. The first kappa shape index (κ1) is 23.0. The maximum Gasteiger partial charge on any atom is 0.307 e. The molecule has 0 fully saturated rings. The topological polar surface area (TPSA) is 98.5 Å². The average Bonchev–Trinajstić information content (AvgIpc) is 2.62. The van der Waals surface area contributed by atoms with Gasteiger partial charge < -0.3 is 10.1 Å². The molecule has 0 saturated heterocycles. The molecule has 1 N–H and O–H groups in total. The van der Waals surface area contributed by atoms with E-state index < -0.39 is 28.5 Å². The Hall–Kier alpha value is -2.33. The molecule has 0 spiro atoms. The van der Waals surface area contributed by atoms with E-state index in [1.807, 2.05) is 0 Å². The Labute approximate surface area is 183 Å². The van der Waals surface area contributed by atoms with Crippen LogP contribution in [0.4, 0.5) is 15.8 Å². The van der Waals surface area contributed by atoms with Gasteiger partial charge in [0.15, 0.2) is 5.78 Å². The minimum absolute atomic E-state index is 0.00318. The minimum Gasteiger partial charge on any atom is -0.469 e. The number of carbonyl (C=O) groups is 2. The predicted molar refractivity (Wildman–Crippen MR) is 113 cm³/mol. The molecule has 0 bridgehead atoms. The van der Waals surface area contributed by atoms with E-state index in [-0.39, 0.29) is 37.9 Å². The van der Waals surface area contributed by atoms with Crippen LogP contribution in [0.2, 0.25) is 0 Å². The predicted octanol–water partition coefficient (Wildman–Crippen LogP) is 5.16. The van der Waals surface area contributed by atoms with Crippen molar-refractivity contribution < 1.29 is 23.6 Å². The van der Waals surface area contributed by atoms with E-state index in [0.717, 1.165) is 6.07 Å². The molecule has 0 radical (unpaired) electrons. The van der Waals surface area contributed by atoms with E-state index in [1.54, 1.807) is 13.8 Å². The van der Waals surface area contributed by atoms with Gasteiger partial charge in [0, 0.05) is 16.1 Å². The largest absolute Gasteiger partial charge is 0.469 e. The monoisotopic (exact) mass is 530 g/mol. The molecule has 154 valence electrons. The lowest BCUT2D eigenvalue weighted by Crippen LogP contribution is -2.21. The third-order valence-corrected chi connectivity index (χ3v) is 5.55. The lowest BCUT2D eigenvalue weighted by atomic mass is 9.98. The number of anilines is 1. The fourth-order valence-corrected chi connectivity index (χ4v) is 4.35. The smallest absolute Gasteiger partial charge is 0.307 e. The molecule has 2 rings (SSSR count). The highest BCUT2D eigenvalue weighted by Crippen LogP contribution is 2.41. The van der Waals surface area contributed by atoms with Crippen molar-refractivity contribution in [3.05, 3.63) is 65.8 Å². The molecule has 2 aromatic rings. The summed E-state index contributed by atoms with van der Waals surface area (Å²) in [6, 6.07) is 4.70. The van der Waals surface area contributed by atoms with Crippen LogP contribution in [-0.2, 0) is 9.53 Å². The minimum atomic E-state index is -0.640. The van der Waals surface area contributed by atoms with Gasteiger partial charge in [-0.25, -0.2) is 4.39 Å². The van der Waals surface area contributed by atoms with Crippen LogP contribution >= 0.6 is 31.9 Å². The number of halogens is 3. The van der Waals surface area contributed by atoms with Gasteiger partial charge >= 0.3 is 11.7 Å². The number of nitro groups is 1. The number of nitrogens with zero attached hydrogens (tertiary/aromatic N) is 1. The van der Waals surface area contributed by atoms with Crippen molar-refractivity contribution in [1.29, 1.82) is 0 Å². The van der Waals surface area contributed by atoms with Gasteiger partial charge in [0.1, 0.15) is 16.0 Å². The van der Waals surface area contributed by atoms with Crippen molar-refractivity contribution in [3.8, 4) is 0 Å². The molecule has 0 aliphatic heterocycles. The fraction of sp³-hybridized carbons (Fsp3) is 0.263. The Morgan fingerprint density at radius 3 is 2.55 bits per heavy atom. The number of methoxy groups -OCH3 is 1. The van der Waals surface area contributed by atoms with Crippen molar-refractivity contribution in [3.63, 3.8) is 0 Å². The summed E-state index contributed by atoms with van der Waals surface area (Å²) in [4.78, 5) is 35.5. The number of ether oxygens (including phenoxy) is 1. The molecular formula is C19H17Br2FN2O5. The first-order valence-corrected chi connectivity index (χ1v) is 9.96. The normalized spacial score (nSPS) is 11.7. The Morgan fingerprint density at radius 1 is 1.31 bits per heavy atom. The SMILES string of the molecule is COC(=O)CC(C)Nc1cc(Br)c(C(=O)c2cc(F)ccc2C)c(Br)c1[N+](=O)[O-]. The van der Waals surface area contributed by atoms with Gasteiger partial charge in [-0.3, -0.25) is 19.7 Å². The van der Waals surface area contributed by atoms with E-state index in [1.165, 1.54) is 25.3 Å². The number of hydrogen-bond donors (Lipinski definition) is 1. The van der Waals surface area contributed by atoms with Gasteiger partial charge in [0.05, 0.1) is 24.0 Å². The van der Waals surface area contributed by atoms with Crippen LogP contribution in [0.25, 0.3) is 0 Å². The molecule has 0 aromatic heterocycles. The molecule has 1 atom stereocenters. The third kappa shape index (κ3) is 5.18. The standard InChI is InChI=1S/C19H17Br2FN2O5/c1-9-4-5-11(22)7-12(9)19(26)16-13(20)8-14(18(17(16)21)24(27)28)23-10(2)6-15(25)29-3/h4-5,7-8,10,23H,6H2,1-3H3. The first-order valence-electron chi connectivity index (χ1n) is 8.37. The molecule has 2 aromatic carbocycles. The van der Waals surface area contributed by atoms with Crippen molar-refractivity contribution in [2.24, 2.45) is 0 Å². The van der Waals surface area contributed by atoms with Gasteiger partial charge in [0.2, 0.25) is 0 Å². The van der Waals surface area contributed by atoms with Gasteiger partial charge in [-0.1, -0.05) is 6.07 Å². The first-order chi connectivity index (χ1) is 13.6. The zero-order valence-electron chi connectivity index (χ0n) is 15.7. The lowest BCUT2D eigenvalue weighted by Gasteiger charge is -2.17. The van der Waals surface area contributed by atoms with E-state index in [2.05, 4.69) is 41.9 Å². The van der Waals surface area contributed by atoms with E-state index >= 15 is 0 Å². The van der Waals surface area contributed by atoms with Crippen molar-refractivity contribution in [2.45, 2.75) is 26.3 Å². The lowest BCUT2D eigenvalue weighted by molar-refractivity contribution is -0.384. The van der Waals surface area contributed by atoms with Crippen LogP contribution < -0.4 is 5.32 Å². The number of nitro benzene ring substituents is 1. The Balaban J connectivity index is 2.55. The highest BCUT2D eigenvalue weighted by Gasteiger charge is 2.29. The molecule has 0 saturated carbocycles. The molecule has 29 heavy (non-hydrogen) atoms. The molecular weight excluding hydrogens is 515 g/mol. The molecule has 7 nitrogen and oxygen atoms in total. The zero-order chi connectivity index (χ0) is 21.9. The summed E-state index contributed by atoms with van der Waals surface area (Å²) in [5.41, 5.74) is 0.365. The summed E-state index contributed by atoms with van der Waals surface area (Å²) in [7, 11) is 1.25. The number of esters is 1. The van der Waals surface area contributed by atoms with Crippen LogP contribution in [0.3, 0.4) is 0 Å². The van der Waals surface area contributed by atoms with Crippen molar-refractivity contribution in [2.75, 3.05) is 12.4 Å². The molecule has 10 heteroatoms. The average molecular weight is 532 g/mol.